The first-order valence-electron chi connectivity index (χ1n) is 5.61. The van der Waals surface area contributed by atoms with Gasteiger partial charge in [-0.3, -0.25) is 9.48 Å². The number of hydrogen-bond acceptors (Lipinski definition) is 5. The van der Waals surface area contributed by atoms with E-state index in [0.717, 1.165) is 6.29 Å². The number of ether oxygens (including phenoxy) is 2. The third-order valence-electron chi connectivity index (χ3n) is 2.87. The lowest BCUT2D eigenvalue weighted by molar-refractivity contribution is 0.112. The number of nitrogen functional groups attached to an aromatic ring is 1. The van der Waals surface area contributed by atoms with Gasteiger partial charge in [0, 0.05) is 24.2 Å². The van der Waals surface area contributed by atoms with Crippen LogP contribution in [-0.2, 0) is 7.05 Å². The van der Waals surface area contributed by atoms with Gasteiger partial charge in [-0.15, -0.1) is 0 Å². The Morgan fingerprint density at radius 3 is 2.32 bits per heavy atom. The van der Waals surface area contributed by atoms with Gasteiger partial charge in [-0.1, -0.05) is 0 Å². The average Bonchev–Trinajstić information content (AvgIpc) is 2.76. The summed E-state index contributed by atoms with van der Waals surface area (Å²) in [5.74, 6) is 1.55. The number of aryl methyl sites for hydroxylation is 1. The minimum atomic E-state index is 0.468. The van der Waals surface area contributed by atoms with Crippen molar-refractivity contribution in [1.82, 2.24) is 9.78 Å². The molecule has 6 heteroatoms. The Kier molecular flexibility index (Phi) is 3.41. The van der Waals surface area contributed by atoms with Crippen molar-refractivity contribution >= 4 is 12.1 Å². The van der Waals surface area contributed by atoms with Crippen LogP contribution in [0.4, 0.5) is 5.82 Å². The molecule has 2 N–H and O–H groups in total. The highest BCUT2D eigenvalue weighted by atomic mass is 16.5. The fourth-order valence-corrected chi connectivity index (χ4v) is 1.83. The SMILES string of the molecule is COc1cc(C=O)c(-c2cc(N)n(C)n2)cc1OC. The van der Waals surface area contributed by atoms with Gasteiger partial charge in [-0.2, -0.15) is 5.10 Å². The van der Waals surface area contributed by atoms with Crippen molar-refractivity contribution in [2.24, 2.45) is 7.05 Å². The predicted molar refractivity (Wildman–Crippen MR) is 71.5 cm³/mol. The minimum Gasteiger partial charge on any atom is -0.493 e. The molecular formula is C13H15N3O3. The molecule has 1 aromatic heterocycles. The molecule has 6 nitrogen and oxygen atoms in total. The number of aldehydes is 1. The lowest BCUT2D eigenvalue weighted by Gasteiger charge is -2.10. The Morgan fingerprint density at radius 2 is 1.84 bits per heavy atom. The molecule has 2 aromatic rings. The second-order valence-electron chi connectivity index (χ2n) is 3.99. The number of methoxy groups -OCH3 is 2. The number of nitrogens with zero attached hydrogens (tertiary/aromatic N) is 2. The summed E-state index contributed by atoms with van der Waals surface area (Å²) >= 11 is 0. The molecule has 19 heavy (non-hydrogen) atoms. The van der Waals surface area contributed by atoms with Crippen LogP contribution in [0.25, 0.3) is 11.3 Å². The van der Waals surface area contributed by atoms with Crippen molar-refractivity contribution in [2.75, 3.05) is 20.0 Å². The first kappa shape index (κ1) is 12.9. The molecule has 0 aliphatic carbocycles. The van der Waals surface area contributed by atoms with E-state index in [4.69, 9.17) is 15.2 Å². The maximum Gasteiger partial charge on any atom is 0.161 e. The van der Waals surface area contributed by atoms with Gasteiger partial charge in [0.05, 0.1) is 19.9 Å². The van der Waals surface area contributed by atoms with Crippen molar-refractivity contribution in [2.45, 2.75) is 0 Å². The molecule has 0 radical (unpaired) electrons. The van der Waals surface area contributed by atoms with Gasteiger partial charge in [0.2, 0.25) is 0 Å². The van der Waals surface area contributed by atoms with E-state index >= 15 is 0 Å². The monoisotopic (exact) mass is 261 g/mol. The van der Waals surface area contributed by atoms with Gasteiger partial charge in [-0.25, -0.2) is 0 Å². The fraction of sp³-hybridized carbons (Fsp3) is 0.231. The number of nitrogens with two attached hydrogens (primary N) is 1. The molecule has 0 bridgehead atoms. The fourth-order valence-electron chi connectivity index (χ4n) is 1.83. The van der Waals surface area contributed by atoms with Crippen LogP contribution in [0.1, 0.15) is 10.4 Å². The number of rotatable bonds is 4. The zero-order valence-corrected chi connectivity index (χ0v) is 11.0. The van der Waals surface area contributed by atoms with Gasteiger partial charge >= 0.3 is 0 Å². The number of anilines is 1. The second kappa shape index (κ2) is 5.01. The van der Waals surface area contributed by atoms with E-state index in [1.165, 1.54) is 14.2 Å². The van der Waals surface area contributed by atoms with Gasteiger partial charge in [0.15, 0.2) is 17.8 Å². The molecule has 1 aromatic carbocycles. The quantitative estimate of drug-likeness (QED) is 0.844. The van der Waals surface area contributed by atoms with Gasteiger partial charge < -0.3 is 15.2 Å². The highest BCUT2D eigenvalue weighted by Gasteiger charge is 2.15. The predicted octanol–water partition coefficient (Wildman–Crippen LogP) is 1.50. The number of hydrogen-bond donors (Lipinski definition) is 1. The lowest BCUT2D eigenvalue weighted by atomic mass is 10.0. The van der Waals surface area contributed by atoms with Crippen LogP contribution in [0, 0.1) is 0 Å². The number of aromatic nitrogens is 2. The molecule has 0 atom stereocenters. The summed E-state index contributed by atoms with van der Waals surface area (Å²) in [5.41, 5.74) is 7.49. The normalized spacial score (nSPS) is 10.3. The Balaban J connectivity index is 2.64. The van der Waals surface area contributed by atoms with Crippen LogP contribution in [0.5, 0.6) is 11.5 Å². The van der Waals surface area contributed by atoms with Crippen molar-refractivity contribution < 1.29 is 14.3 Å². The van der Waals surface area contributed by atoms with Gasteiger partial charge in [0.25, 0.3) is 0 Å². The summed E-state index contributed by atoms with van der Waals surface area (Å²) in [6, 6.07) is 5.03. The van der Waals surface area contributed by atoms with Crippen LogP contribution in [0.15, 0.2) is 18.2 Å². The highest BCUT2D eigenvalue weighted by Crippen LogP contribution is 2.34. The first-order chi connectivity index (χ1) is 9.10. The summed E-state index contributed by atoms with van der Waals surface area (Å²) < 4.78 is 11.9. The minimum absolute atomic E-state index is 0.468. The summed E-state index contributed by atoms with van der Waals surface area (Å²) in [6.07, 6.45) is 0.752. The zero-order chi connectivity index (χ0) is 14.0. The van der Waals surface area contributed by atoms with E-state index in [1.54, 1.807) is 29.9 Å². The topological polar surface area (TPSA) is 79.4 Å². The summed E-state index contributed by atoms with van der Waals surface area (Å²) in [7, 11) is 4.79. The highest BCUT2D eigenvalue weighted by molar-refractivity contribution is 5.88. The van der Waals surface area contributed by atoms with Crippen molar-refractivity contribution in [3.05, 3.63) is 23.8 Å². The Hall–Kier alpha value is -2.50. The molecule has 100 valence electrons. The summed E-state index contributed by atoms with van der Waals surface area (Å²) in [4.78, 5) is 11.2. The van der Waals surface area contributed by atoms with E-state index in [-0.39, 0.29) is 0 Å². The molecule has 2 rings (SSSR count). The average molecular weight is 261 g/mol. The molecule has 0 saturated heterocycles. The second-order valence-corrected chi connectivity index (χ2v) is 3.99. The van der Waals surface area contributed by atoms with Crippen molar-refractivity contribution in [1.29, 1.82) is 0 Å². The third kappa shape index (κ3) is 2.24. The Morgan fingerprint density at radius 1 is 1.21 bits per heavy atom. The molecular weight excluding hydrogens is 246 g/mol. The van der Waals surface area contributed by atoms with Crippen molar-refractivity contribution in [3.63, 3.8) is 0 Å². The van der Waals surface area contributed by atoms with Crippen LogP contribution in [0.3, 0.4) is 0 Å². The van der Waals surface area contributed by atoms with E-state index in [0.29, 0.717) is 34.1 Å². The third-order valence-corrected chi connectivity index (χ3v) is 2.87. The van der Waals surface area contributed by atoms with Crippen LogP contribution in [-0.4, -0.2) is 30.3 Å². The summed E-state index contributed by atoms with van der Waals surface area (Å²) in [5, 5.41) is 4.26. The molecule has 0 fully saturated rings. The Labute approximate surface area is 110 Å². The maximum absolute atomic E-state index is 11.2. The zero-order valence-electron chi connectivity index (χ0n) is 11.0. The first-order valence-corrected chi connectivity index (χ1v) is 5.61. The smallest absolute Gasteiger partial charge is 0.161 e. The largest absolute Gasteiger partial charge is 0.493 e. The van der Waals surface area contributed by atoms with E-state index in [2.05, 4.69) is 5.10 Å². The Bertz CT molecular complexity index is 600. The summed E-state index contributed by atoms with van der Waals surface area (Å²) in [6.45, 7) is 0. The molecule has 0 aliphatic rings. The number of benzene rings is 1. The molecule has 0 spiro atoms. The van der Waals surface area contributed by atoms with E-state index in [1.807, 2.05) is 0 Å². The lowest BCUT2D eigenvalue weighted by Crippen LogP contribution is -1.98. The molecule has 0 saturated carbocycles. The van der Waals surface area contributed by atoms with Crippen LogP contribution < -0.4 is 15.2 Å². The maximum atomic E-state index is 11.2. The molecule has 0 amide bonds. The molecule has 1 heterocycles. The van der Waals surface area contributed by atoms with Crippen molar-refractivity contribution in [3.8, 4) is 22.8 Å². The van der Waals surface area contributed by atoms with Gasteiger partial charge in [-0.05, 0) is 12.1 Å². The number of carbonyl (C=O) groups is 1. The molecule has 0 aliphatic heterocycles. The number of carbonyl (C=O) groups excluding carboxylic acids is 1. The van der Waals surface area contributed by atoms with E-state index < -0.39 is 0 Å². The van der Waals surface area contributed by atoms with E-state index in [9.17, 15) is 4.79 Å². The van der Waals surface area contributed by atoms with Crippen LogP contribution in [0.2, 0.25) is 0 Å². The molecule has 0 unspecified atom stereocenters. The van der Waals surface area contributed by atoms with Crippen LogP contribution >= 0.6 is 0 Å². The van der Waals surface area contributed by atoms with Gasteiger partial charge in [0.1, 0.15) is 5.82 Å². The standard InChI is InChI=1S/C13H15N3O3/c1-16-13(14)6-10(15-16)9-5-12(19-3)11(18-2)4-8(9)7-17/h4-7H,14H2,1-3H3.